The predicted molar refractivity (Wildman–Crippen MR) is 84.4 cm³/mol. The Bertz CT molecular complexity index is 1050. The van der Waals surface area contributed by atoms with Gasteiger partial charge in [-0.1, -0.05) is 23.4 Å². The van der Waals surface area contributed by atoms with Crippen molar-refractivity contribution in [1.29, 1.82) is 0 Å². The largest absolute Gasteiger partial charge is 0.368 e. The molecule has 25 heavy (non-hydrogen) atoms. The molecule has 0 spiro atoms. The van der Waals surface area contributed by atoms with Crippen LogP contribution in [0.2, 0.25) is 0 Å². The monoisotopic (exact) mass is 338 g/mol. The van der Waals surface area contributed by atoms with Crippen LogP contribution in [-0.4, -0.2) is 29.9 Å². The van der Waals surface area contributed by atoms with Gasteiger partial charge in [-0.15, -0.1) is 0 Å². The Morgan fingerprint density at radius 1 is 1.00 bits per heavy atom. The lowest BCUT2D eigenvalue weighted by atomic mass is 10.2. The van der Waals surface area contributed by atoms with Crippen molar-refractivity contribution in [3.05, 3.63) is 76.7 Å². The standard InChI is InChI=1S/C16H11FN6O2/c17-12-8-6-11(7-9-12)15-18-14(19-25-15)10-22-16(24)23(21-20-22)13-4-2-1-3-5-13/h1-9H,10H2. The quantitative estimate of drug-likeness (QED) is 0.562. The summed E-state index contributed by atoms with van der Waals surface area (Å²) in [5.41, 5.74) is 0.777. The number of halogens is 1. The van der Waals surface area contributed by atoms with Gasteiger partial charge in [0.05, 0.1) is 5.69 Å². The van der Waals surface area contributed by atoms with Crippen LogP contribution in [0.1, 0.15) is 5.82 Å². The molecule has 0 radical (unpaired) electrons. The van der Waals surface area contributed by atoms with Gasteiger partial charge in [0, 0.05) is 5.56 Å². The van der Waals surface area contributed by atoms with E-state index in [1.54, 1.807) is 24.3 Å². The molecule has 0 saturated heterocycles. The highest BCUT2D eigenvalue weighted by Crippen LogP contribution is 2.17. The van der Waals surface area contributed by atoms with Crippen molar-refractivity contribution in [1.82, 2.24) is 29.9 Å². The Labute approximate surface area is 140 Å². The van der Waals surface area contributed by atoms with Gasteiger partial charge in [-0.2, -0.15) is 14.3 Å². The molecule has 2 aromatic carbocycles. The van der Waals surface area contributed by atoms with Gasteiger partial charge in [0.2, 0.25) is 0 Å². The molecule has 0 saturated carbocycles. The minimum atomic E-state index is -0.417. The zero-order valence-corrected chi connectivity index (χ0v) is 12.8. The molecule has 0 aliphatic heterocycles. The molecule has 8 nitrogen and oxygen atoms in total. The van der Waals surface area contributed by atoms with Crippen LogP contribution in [0, 0.1) is 5.82 Å². The molecular weight excluding hydrogens is 327 g/mol. The maximum Gasteiger partial charge on any atom is 0.368 e. The number of aromatic nitrogens is 6. The van der Waals surface area contributed by atoms with Crippen LogP contribution in [0.4, 0.5) is 4.39 Å². The Morgan fingerprint density at radius 3 is 2.52 bits per heavy atom. The molecule has 0 amide bonds. The van der Waals surface area contributed by atoms with E-state index in [9.17, 15) is 9.18 Å². The average molecular weight is 338 g/mol. The number of tetrazole rings is 1. The van der Waals surface area contributed by atoms with Gasteiger partial charge in [0.15, 0.2) is 5.82 Å². The summed E-state index contributed by atoms with van der Waals surface area (Å²) >= 11 is 0. The molecule has 0 aliphatic rings. The molecule has 0 aliphatic carbocycles. The predicted octanol–water partition coefficient (Wildman–Crippen LogP) is 1.67. The number of para-hydroxylation sites is 1. The Morgan fingerprint density at radius 2 is 1.76 bits per heavy atom. The zero-order valence-electron chi connectivity index (χ0n) is 12.8. The second-order valence-electron chi connectivity index (χ2n) is 5.19. The first kappa shape index (κ1) is 14.9. The van der Waals surface area contributed by atoms with Crippen LogP contribution in [0.15, 0.2) is 63.9 Å². The van der Waals surface area contributed by atoms with Crippen molar-refractivity contribution in [2.75, 3.05) is 0 Å². The van der Waals surface area contributed by atoms with Crippen LogP contribution in [0.5, 0.6) is 0 Å². The van der Waals surface area contributed by atoms with E-state index < -0.39 is 5.69 Å². The van der Waals surface area contributed by atoms with E-state index >= 15 is 0 Å². The van der Waals surface area contributed by atoms with Crippen LogP contribution in [0.25, 0.3) is 17.1 Å². The van der Waals surface area contributed by atoms with Crippen molar-refractivity contribution in [3.63, 3.8) is 0 Å². The summed E-state index contributed by atoms with van der Waals surface area (Å²) < 4.78 is 20.4. The number of hydrogen-bond acceptors (Lipinski definition) is 6. The lowest BCUT2D eigenvalue weighted by molar-refractivity contribution is 0.417. The highest BCUT2D eigenvalue weighted by atomic mass is 19.1. The van der Waals surface area contributed by atoms with Crippen molar-refractivity contribution < 1.29 is 8.91 Å². The highest BCUT2D eigenvalue weighted by molar-refractivity contribution is 5.52. The Kier molecular flexibility index (Phi) is 3.65. The lowest BCUT2D eigenvalue weighted by Gasteiger charge is -1.96. The number of rotatable bonds is 4. The summed E-state index contributed by atoms with van der Waals surface area (Å²) in [4.78, 5) is 16.6. The molecule has 0 fully saturated rings. The van der Waals surface area contributed by atoms with Gasteiger partial charge in [-0.05, 0) is 46.8 Å². The van der Waals surface area contributed by atoms with Gasteiger partial charge in [0.25, 0.3) is 5.89 Å². The van der Waals surface area contributed by atoms with E-state index in [0.29, 0.717) is 11.3 Å². The SMILES string of the molecule is O=c1n(Cc2noc(-c3ccc(F)cc3)n2)nnn1-c1ccccc1. The third-order valence-corrected chi connectivity index (χ3v) is 3.49. The Hall–Kier alpha value is -3.62. The van der Waals surface area contributed by atoms with Crippen molar-refractivity contribution in [3.8, 4) is 17.1 Å². The molecule has 0 N–H and O–H groups in total. The van der Waals surface area contributed by atoms with E-state index in [1.165, 1.54) is 28.9 Å². The number of hydrogen-bond donors (Lipinski definition) is 0. The van der Waals surface area contributed by atoms with Crippen molar-refractivity contribution in [2.24, 2.45) is 0 Å². The van der Waals surface area contributed by atoms with Gasteiger partial charge < -0.3 is 4.52 Å². The third-order valence-electron chi connectivity index (χ3n) is 3.49. The molecule has 4 rings (SSSR count). The van der Waals surface area contributed by atoms with Gasteiger partial charge in [0.1, 0.15) is 12.4 Å². The molecule has 4 aromatic rings. The van der Waals surface area contributed by atoms with Crippen molar-refractivity contribution in [2.45, 2.75) is 6.54 Å². The highest BCUT2D eigenvalue weighted by Gasteiger charge is 2.14. The fraction of sp³-hybridized carbons (Fsp3) is 0.0625. The first-order valence-electron chi connectivity index (χ1n) is 7.37. The van der Waals surface area contributed by atoms with E-state index in [1.807, 2.05) is 6.07 Å². The molecule has 2 heterocycles. The number of benzene rings is 2. The minimum absolute atomic E-state index is 0.0103. The van der Waals surface area contributed by atoms with Crippen LogP contribution in [-0.2, 0) is 6.54 Å². The summed E-state index contributed by atoms with van der Waals surface area (Å²) in [5, 5.41) is 11.5. The van der Waals surface area contributed by atoms with E-state index in [4.69, 9.17) is 4.52 Å². The normalized spacial score (nSPS) is 10.9. The Balaban J connectivity index is 1.59. The summed E-state index contributed by atoms with van der Waals surface area (Å²) in [6.45, 7) is 0.0103. The van der Waals surface area contributed by atoms with Crippen molar-refractivity contribution >= 4 is 0 Å². The summed E-state index contributed by atoms with van der Waals surface area (Å²) in [7, 11) is 0. The average Bonchev–Trinajstić information content (AvgIpc) is 3.24. The lowest BCUT2D eigenvalue weighted by Crippen LogP contribution is -2.25. The van der Waals surface area contributed by atoms with Crippen LogP contribution < -0.4 is 5.69 Å². The molecule has 0 unspecified atom stereocenters. The fourth-order valence-corrected chi connectivity index (χ4v) is 2.27. The summed E-state index contributed by atoms with van der Waals surface area (Å²) in [6, 6.07) is 14.6. The molecule has 9 heteroatoms. The second kappa shape index (κ2) is 6.11. The zero-order chi connectivity index (χ0) is 17.2. The first-order valence-corrected chi connectivity index (χ1v) is 7.37. The minimum Gasteiger partial charge on any atom is -0.334 e. The molecule has 0 bridgehead atoms. The molecular formula is C16H11FN6O2. The smallest absolute Gasteiger partial charge is 0.334 e. The van der Waals surface area contributed by atoms with Gasteiger partial charge in [-0.25, -0.2) is 9.18 Å². The molecule has 124 valence electrons. The fourth-order valence-electron chi connectivity index (χ4n) is 2.27. The second-order valence-corrected chi connectivity index (χ2v) is 5.19. The first-order chi connectivity index (χ1) is 12.2. The summed E-state index contributed by atoms with van der Waals surface area (Å²) in [6.07, 6.45) is 0. The topological polar surface area (TPSA) is 91.6 Å². The molecule has 2 aromatic heterocycles. The van der Waals surface area contributed by atoms with E-state index in [-0.39, 0.29) is 24.1 Å². The third kappa shape index (κ3) is 2.94. The summed E-state index contributed by atoms with van der Waals surface area (Å²) in [5.74, 6) is 0.146. The van der Waals surface area contributed by atoms with Crippen LogP contribution in [0.3, 0.4) is 0 Å². The molecule has 0 atom stereocenters. The maximum absolute atomic E-state index is 13.0. The number of nitrogens with zero attached hydrogens (tertiary/aromatic N) is 6. The maximum atomic E-state index is 13.0. The van der Waals surface area contributed by atoms with Gasteiger partial charge >= 0.3 is 5.69 Å². The van der Waals surface area contributed by atoms with Gasteiger partial charge in [-0.3, -0.25) is 0 Å². The van der Waals surface area contributed by atoms with E-state index in [2.05, 4.69) is 20.6 Å². The van der Waals surface area contributed by atoms with Crippen LogP contribution >= 0.6 is 0 Å². The van der Waals surface area contributed by atoms with E-state index in [0.717, 1.165) is 4.68 Å².